The van der Waals surface area contributed by atoms with Crippen molar-refractivity contribution >= 4 is 46.9 Å². The predicted octanol–water partition coefficient (Wildman–Crippen LogP) is 3.62. The van der Waals surface area contributed by atoms with Gasteiger partial charge < -0.3 is 45.0 Å². The maximum Gasteiger partial charge on any atom is 0.264 e. The fourth-order valence-electron chi connectivity index (χ4n) is 8.85. The molecule has 8 rings (SSSR count). The first kappa shape index (κ1) is 45.9. The first-order valence-corrected chi connectivity index (χ1v) is 22.3. The third kappa shape index (κ3) is 10.5. The second-order valence-electron chi connectivity index (χ2n) is 16.3. The van der Waals surface area contributed by atoms with Crippen LogP contribution in [0.3, 0.4) is 0 Å². The Morgan fingerprint density at radius 2 is 1.44 bits per heavy atom. The van der Waals surface area contributed by atoms with Crippen LogP contribution in [0, 0.1) is 5.92 Å². The van der Waals surface area contributed by atoms with E-state index >= 15 is 0 Å². The van der Waals surface area contributed by atoms with Crippen molar-refractivity contribution in [2.24, 2.45) is 11.7 Å². The highest BCUT2D eigenvalue weighted by Crippen LogP contribution is 2.40. The number of nitrogens with two attached hydrogens (primary N) is 1. The van der Waals surface area contributed by atoms with E-state index in [1.165, 1.54) is 0 Å². The van der Waals surface area contributed by atoms with E-state index in [-0.39, 0.29) is 55.0 Å². The number of anilines is 2. The maximum atomic E-state index is 13.2. The van der Waals surface area contributed by atoms with Gasteiger partial charge in [-0.15, -0.1) is 0 Å². The molecule has 5 N–H and O–H groups in total. The molecule has 1 aromatic heterocycles. The number of aromatic nitrogens is 2. The Labute approximate surface area is 381 Å². The summed E-state index contributed by atoms with van der Waals surface area (Å²) in [5.74, 6) is -0.553. The van der Waals surface area contributed by atoms with Gasteiger partial charge in [-0.1, -0.05) is 24.3 Å². The molecule has 1 unspecified atom stereocenters. The molecule has 4 aromatic rings. The number of likely N-dealkylation sites (tertiary alicyclic amines) is 1. The lowest BCUT2D eigenvalue weighted by molar-refractivity contribution is -0.138. The minimum absolute atomic E-state index is 0.0319. The summed E-state index contributed by atoms with van der Waals surface area (Å²) in [7, 11) is 0. The zero-order valence-corrected chi connectivity index (χ0v) is 36.5. The summed E-state index contributed by atoms with van der Waals surface area (Å²) >= 11 is 0. The van der Waals surface area contributed by atoms with E-state index in [1.54, 1.807) is 18.2 Å². The lowest BCUT2D eigenvalue weighted by Crippen LogP contribution is -2.54. The van der Waals surface area contributed by atoms with E-state index in [1.807, 2.05) is 64.2 Å². The number of nitrogens with one attached hydrogen (secondary N) is 3. The Kier molecular flexibility index (Phi) is 15.0. The number of hydrogen-bond donors (Lipinski definition) is 4. The SMILES string of the molecule is NC(=O)c1c(-c2ccc(Oc3ccccc3)cc2)nn2c1NCC[C@H]2C1CCN(C(=O)COCCOCCOCCOCCNc2cccc3c2C(=O)N(C2CCC(=O)NC2=O)C3=O)CC1. The van der Waals surface area contributed by atoms with E-state index in [0.29, 0.717) is 94.3 Å². The molecule has 0 radical (unpaired) electrons. The number of carbonyl (C=O) groups is 6. The van der Waals surface area contributed by atoms with Crippen molar-refractivity contribution in [3.63, 3.8) is 0 Å². The lowest BCUT2D eigenvalue weighted by atomic mass is 9.87. The fourth-order valence-corrected chi connectivity index (χ4v) is 8.85. The summed E-state index contributed by atoms with van der Waals surface area (Å²) in [5.41, 5.74) is 8.43. The molecule has 2 fully saturated rings. The third-order valence-electron chi connectivity index (χ3n) is 12.1. The molecule has 4 aliphatic rings. The quantitative estimate of drug-likeness (QED) is 0.0691. The standard InChI is InChI=1S/C47H54N8O11/c48-43(58)41-42(31-9-11-33(12-10-31)66-32-5-2-1-3-6-32)52-55-36(15-18-50-44(41)55)30-16-20-53(21-17-30)39(57)29-65-28-27-64-26-25-63-24-23-62-22-19-49-35-8-4-7-34-40(35)47(61)54(46(34)60)37-13-14-38(56)51-45(37)59/h1-12,30,36-37,49-50H,13-29H2,(H2,48,58)(H,51,56,59)/t36-,37?/m0/s1. The number of amides is 6. The highest BCUT2D eigenvalue weighted by Gasteiger charge is 2.45. The van der Waals surface area contributed by atoms with Gasteiger partial charge in [-0.3, -0.25) is 39.0 Å². The molecule has 2 atom stereocenters. The van der Waals surface area contributed by atoms with Gasteiger partial charge in [0.25, 0.3) is 17.7 Å². The normalized spacial score (nSPS) is 18.4. The van der Waals surface area contributed by atoms with Gasteiger partial charge in [0, 0.05) is 43.9 Å². The molecule has 0 bridgehead atoms. The van der Waals surface area contributed by atoms with Crippen molar-refractivity contribution in [3.05, 3.63) is 89.5 Å². The first-order valence-electron chi connectivity index (χ1n) is 22.3. The van der Waals surface area contributed by atoms with E-state index in [0.717, 1.165) is 35.5 Å². The minimum atomic E-state index is -1.03. The van der Waals surface area contributed by atoms with Gasteiger partial charge in [0.2, 0.25) is 17.7 Å². The number of fused-ring (bicyclic) bond motifs is 2. The van der Waals surface area contributed by atoms with Crippen molar-refractivity contribution in [1.29, 1.82) is 0 Å². The summed E-state index contributed by atoms with van der Waals surface area (Å²) in [6, 6.07) is 20.9. The number of nitrogens with zero attached hydrogens (tertiary/aromatic N) is 4. The van der Waals surface area contributed by atoms with Gasteiger partial charge in [0.05, 0.1) is 63.4 Å². The summed E-state index contributed by atoms with van der Waals surface area (Å²) in [6.07, 6.45) is 2.56. The molecule has 6 amide bonds. The van der Waals surface area contributed by atoms with Crippen molar-refractivity contribution in [2.75, 3.05) is 89.7 Å². The highest BCUT2D eigenvalue weighted by atomic mass is 16.6. The summed E-state index contributed by atoms with van der Waals surface area (Å²) < 4.78 is 30.3. The van der Waals surface area contributed by atoms with Gasteiger partial charge in [-0.25, -0.2) is 4.68 Å². The number of primary amides is 1. The molecule has 0 spiro atoms. The van der Waals surface area contributed by atoms with E-state index in [4.69, 9.17) is 34.5 Å². The molecule has 0 saturated carbocycles. The monoisotopic (exact) mass is 906 g/mol. The number of rotatable bonds is 21. The molecule has 4 aliphatic heterocycles. The molecule has 3 aromatic carbocycles. The molecule has 5 heterocycles. The van der Waals surface area contributed by atoms with Gasteiger partial charge >= 0.3 is 0 Å². The summed E-state index contributed by atoms with van der Waals surface area (Å²) in [5, 5.41) is 13.7. The van der Waals surface area contributed by atoms with Crippen molar-refractivity contribution in [1.82, 2.24) is 24.9 Å². The molecule has 66 heavy (non-hydrogen) atoms. The molecular formula is C47H54N8O11. The molecule has 19 heteroatoms. The third-order valence-corrected chi connectivity index (χ3v) is 12.1. The number of piperidine rings is 2. The van der Waals surface area contributed by atoms with Crippen LogP contribution < -0.4 is 26.4 Å². The van der Waals surface area contributed by atoms with Gasteiger partial charge in [0.15, 0.2) is 0 Å². The molecule has 2 saturated heterocycles. The summed E-state index contributed by atoms with van der Waals surface area (Å²) in [6.45, 7) is 4.48. The van der Waals surface area contributed by atoms with E-state index in [2.05, 4.69) is 16.0 Å². The second-order valence-corrected chi connectivity index (χ2v) is 16.3. The zero-order chi connectivity index (χ0) is 46.0. The number of hydrogen-bond acceptors (Lipinski definition) is 14. The van der Waals surface area contributed by atoms with Crippen LogP contribution in [0.25, 0.3) is 11.3 Å². The van der Waals surface area contributed by atoms with E-state index in [9.17, 15) is 28.8 Å². The van der Waals surface area contributed by atoms with Crippen LogP contribution in [0.15, 0.2) is 72.8 Å². The fraction of sp³-hybridized carbons (Fsp3) is 0.426. The molecule has 348 valence electrons. The number of benzene rings is 3. The Balaban J connectivity index is 0.678. The van der Waals surface area contributed by atoms with Gasteiger partial charge in [-0.2, -0.15) is 5.10 Å². The van der Waals surface area contributed by atoms with Crippen LogP contribution in [0.2, 0.25) is 0 Å². The smallest absolute Gasteiger partial charge is 0.264 e. The number of ether oxygens (including phenoxy) is 5. The van der Waals surface area contributed by atoms with Crippen LogP contribution in [0.1, 0.15) is 69.2 Å². The average molecular weight is 907 g/mol. The Morgan fingerprint density at radius 1 is 0.758 bits per heavy atom. The Morgan fingerprint density at radius 3 is 2.14 bits per heavy atom. The van der Waals surface area contributed by atoms with Crippen molar-refractivity contribution in [2.45, 2.75) is 44.2 Å². The Bertz CT molecular complexity index is 2400. The van der Waals surface area contributed by atoms with Crippen molar-refractivity contribution in [3.8, 4) is 22.8 Å². The first-order chi connectivity index (χ1) is 32.2. The van der Waals surface area contributed by atoms with Crippen LogP contribution >= 0.6 is 0 Å². The van der Waals surface area contributed by atoms with Crippen LogP contribution in [-0.2, 0) is 33.3 Å². The highest BCUT2D eigenvalue weighted by molar-refractivity contribution is 6.25. The molecule has 0 aliphatic carbocycles. The summed E-state index contributed by atoms with van der Waals surface area (Å²) in [4.78, 5) is 78.8. The predicted molar refractivity (Wildman–Crippen MR) is 239 cm³/mol. The minimum Gasteiger partial charge on any atom is -0.457 e. The van der Waals surface area contributed by atoms with Crippen LogP contribution in [0.4, 0.5) is 11.5 Å². The Hall–Kier alpha value is -6.67. The van der Waals surface area contributed by atoms with Gasteiger partial charge in [0.1, 0.15) is 41.2 Å². The topological polar surface area (TPSA) is 235 Å². The van der Waals surface area contributed by atoms with E-state index < -0.39 is 35.6 Å². The average Bonchev–Trinajstić information content (AvgIpc) is 3.84. The maximum absolute atomic E-state index is 13.2. The van der Waals surface area contributed by atoms with Gasteiger partial charge in [-0.05, 0) is 80.1 Å². The number of para-hydroxylation sites is 1. The number of imide groups is 2. The molecule has 19 nitrogen and oxygen atoms in total. The second kappa shape index (κ2) is 21.5. The molecular weight excluding hydrogens is 853 g/mol. The lowest BCUT2D eigenvalue weighted by Gasteiger charge is -2.38. The zero-order valence-electron chi connectivity index (χ0n) is 36.5. The largest absolute Gasteiger partial charge is 0.457 e. The number of carbonyl (C=O) groups excluding carboxylic acids is 6. The van der Waals surface area contributed by atoms with Crippen LogP contribution in [-0.4, -0.2) is 140 Å². The van der Waals surface area contributed by atoms with Crippen molar-refractivity contribution < 1.29 is 52.5 Å². The van der Waals surface area contributed by atoms with Crippen LogP contribution in [0.5, 0.6) is 11.5 Å².